The molecular formula is C14H13ClF2N2. The van der Waals surface area contributed by atoms with Crippen LogP contribution in [0.1, 0.15) is 26.6 Å². The minimum atomic E-state index is -0.933. The van der Waals surface area contributed by atoms with E-state index in [4.69, 9.17) is 11.6 Å². The third kappa shape index (κ3) is 2.89. The van der Waals surface area contributed by atoms with E-state index in [0.717, 1.165) is 6.07 Å². The number of rotatable bonds is 1. The van der Waals surface area contributed by atoms with E-state index in [1.54, 1.807) is 0 Å². The summed E-state index contributed by atoms with van der Waals surface area (Å²) in [7, 11) is 0. The first-order valence-electron chi connectivity index (χ1n) is 5.78. The van der Waals surface area contributed by atoms with Crippen LogP contribution in [0.2, 0.25) is 5.15 Å². The molecule has 5 heteroatoms. The number of aromatic nitrogens is 2. The van der Waals surface area contributed by atoms with Crippen molar-refractivity contribution >= 4 is 11.6 Å². The van der Waals surface area contributed by atoms with Crippen LogP contribution in [-0.4, -0.2) is 9.97 Å². The lowest BCUT2D eigenvalue weighted by atomic mass is 9.95. The Kier molecular flexibility index (Phi) is 3.54. The highest BCUT2D eigenvalue weighted by molar-refractivity contribution is 6.29. The summed E-state index contributed by atoms with van der Waals surface area (Å²) >= 11 is 5.93. The predicted octanol–water partition coefficient (Wildman–Crippen LogP) is 4.37. The minimum Gasteiger partial charge on any atom is -0.232 e. The van der Waals surface area contributed by atoms with Crippen molar-refractivity contribution in [3.63, 3.8) is 0 Å². The van der Waals surface area contributed by atoms with Crippen molar-refractivity contribution in [1.82, 2.24) is 9.97 Å². The summed E-state index contributed by atoms with van der Waals surface area (Å²) in [4.78, 5) is 8.40. The second-order valence-electron chi connectivity index (χ2n) is 5.25. The van der Waals surface area contributed by atoms with Crippen molar-refractivity contribution < 1.29 is 8.78 Å². The second-order valence-corrected chi connectivity index (χ2v) is 5.64. The number of hydrogen-bond acceptors (Lipinski definition) is 2. The van der Waals surface area contributed by atoms with Gasteiger partial charge in [-0.05, 0) is 12.1 Å². The Morgan fingerprint density at radius 2 is 1.79 bits per heavy atom. The maximum atomic E-state index is 13.8. The lowest BCUT2D eigenvalue weighted by Crippen LogP contribution is -2.16. The summed E-state index contributed by atoms with van der Waals surface area (Å²) in [5, 5.41) is 0.207. The van der Waals surface area contributed by atoms with Crippen LogP contribution in [0.5, 0.6) is 0 Å². The largest absolute Gasteiger partial charge is 0.232 e. The third-order valence-corrected chi connectivity index (χ3v) is 2.79. The van der Waals surface area contributed by atoms with E-state index in [2.05, 4.69) is 9.97 Å². The molecule has 0 aliphatic rings. The molecule has 0 aliphatic carbocycles. The van der Waals surface area contributed by atoms with Gasteiger partial charge in [0.05, 0.1) is 5.69 Å². The molecule has 1 heterocycles. The maximum absolute atomic E-state index is 13.8. The molecule has 1 aromatic carbocycles. The number of benzene rings is 1. The highest BCUT2D eigenvalue weighted by atomic mass is 35.5. The van der Waals surface area contributed by atoms with Gasteiger partial charge in [0.1, 0.15) is 11.0 Å². The van der Waals surface area contributed by atoms with Crippen molar-refractivity contribution in [3.05, 3.63) is 46.9 Å². The molecule has 0 amide bonds. The molecule has 0 radical (unpaired) electrons. The lowest BCUT2D eigenvalue weighted by Gasteiger charge is -2.17. The lowest BCUT2D eigenvalue weighted by molar-refractivity contribution is 0.510. The molecule has 100 valence electrons. The summed E-state index contributed by atoms with van der Waals surface area (Å²) in [6, 6.07) is 5.38. The molecule has 0 fully saturated rings. The molecular weight excluding hydrogens is 270 g/mol. The third-order valence-electron chi connectivity index (χ3n) is 2.59. The van der Waals surface area contributed by atoms with Crippen LogP contribution in [0.4, 0.5) is 8.78 Å². The fourth-order valence-corrected chi connectivity index (χ4v) is 1.78. The second kappa shape index (κ2) is 4.85. The van der Waals surface area contributed by atoms with Crippen LogP contribution >= 0.6 is 11.6 Å². The van der Waals surface area contributed by atoms with Gasteiger partial charge in [0.15, 0.2) is 11.6 Å². The first-order valence-corrected chi connectivity index (χ1v) is 6.16. The van der Waals surface area contributed by atoms with E-state index in [1.165, 1.54) is 18.2 Å². The fourth-order valence-electron chi connectivity index (χ4n) is 1.59. The van der Waals surface area contributed by atoms with Gasteiger partial charge in [0.2, 0.25) is 0 Å². The van der Waals surface area contributed by atoms with Crippen LogP contribution in [0, 0.1) is 11.6 Å². The fraction of sp³-hybridized carbons (Fsp3) is 0.286. The molecule has 0 spiro atoms. The van der Waals surface area contributed by atoms with Crippen molar-refractivity contribution in [2.75, 3.05) is 0 Å². The molecule has 19 heavy (non-hydrogen) atoms. The van der Waals surface area contributed by atoms with Gasteiger partial charge in [0, 0.05) is 17.0 Å². The van der Waals surface area contributed by atoms with Gasteiger partial charge in [-0.1, -0.05) is 38.4 Å². The number of halogens is 3. The zero-order valence-electron chi connectivity index (χ0n) is 10.8. The highest BCUT2D eigenvalue weighted by Gasteiger charge is 2.20. The van der Waals surface area contributed by atoms with E-state index in [0.29, 0.717) is 5.82 Å². The van der Waals surface area contributed by atoms with Crippen molar-refractivity contribution in [2.45, 2.75) is 26.2 Å². The Hall–Kier alpha value is -1.55. The summed E-state index contributed by atoms with van der Waals surface area (Å²) in [5.74, 6) is -1.36. The molecule has 2 rings (SSSR count). The summed E-state index contributed by atoms with van der Waals surface area (Å²) in [6.07, 6.45) is 0. The van der Waals surface area contributed by atoms with E-state index in [1.807, 2.05) is 20.8 Å². The van der Waals surface area contributed by atoms with Crippen LogP contribution in [0.3, 0.4) is 0 Å². The standard InChI is InChI=1S/C14H13ClF2N2/c1-14(2,3)13-18-10(7-11(15)19-13)8-5-4-6-9(16)12(8)17/h4-7H,1-3H3. The van der Waals surface area contributed by atoms with E-state index < -0.39 is 11.6 Å². The molecule has 0 bridgehead atoms. The van der Waals surface area contributed by atoms with Crippen LogP contribution in [0.15, 0.2) is 24.3 Å². The molecule has 0 N–H and O–H groups in total. The molecule has 0 aliphatic heterocycles. The number of hydrogen-bond donors (Lipinski definition) is 0. The molecule has 2 aromatic rings. The molecule has 2 nitrogen and oxygen atoms in total. The Labute approximate surface area is 115 Å². The predicted molar refractivity (Wildman–Crippen MR) is 71.1 cm³/mol. The van der Waals surface area contributed by atoms with Gasteiger partial charge in [-0.3, -0.25) is 0 Å². The zero-order valence-corrected chi connectivity index (χ0v) is 11.6. The SMILES string of the molecule is CC(C)(C)c1nc(Cl)cc(-c2cccc(F)c2F)n1. The molecule has 0 saturated carbocycles. The van der Waals surface area contributed by atoms with E-state index >= 15 is 0 Å². The summed E-state index contributed by atoms with van der Waals surface area (Å²) < 4.78 is 27.0. The summed E-state index contributed by atoms with van der Waals surface area (Å²) in [6.45, 7) is 5.76. The van der Waals surface area contributed by atoms with Gasteiger partial charge in [0.25, 0.3) is 0 Å². The molecule has 1 aromatic heterocycles. The Morgan fingerprint density at radius 1 is 1.11 bits per heavy atom. The first-order chi connectivity index (χ1) is 8.79. The average molecular weight is 283 g/mol. The monoisotopic (exact) mass is 282 g/mol. The van der Waals surface area contributed by atoms with Crippen molar-refractivity contribution in [1.29, 1.82) is 0 Å². The Bertz CT molecular complexity index is 621. The van der Waals surface area contributed by atoms with Crippen LogP contribution < -0.4 is 0 Å². The van der Waals surface area contributed by atoms with Crippen LogP contribution in [0.25, 0.3) is 11.3 Å². The highest BCUT2D eigenvalue weighted by Crippen LogP contribution is 2.27. The van der Waals surface area contributed by atoms with Gasteiger partial charge >= 0.3 is 0 Å². The van der Waals surface area contributed by atoms with Gasteiger partial charge in [-0.15, -0.1) is 0 Å². The first kappa shape index (κ1) is 13.9. The number of nitrogens with zero attached hydrogens (tertiary/aromatic N) is 2. The summed E-state index contributed by atoms with van der Waals surface area (Å²) in [5.41, 5.74) is 0.0282. The van der Waals surface area contributed by atoms with E-state index in [9.17, 15) is 8.78 Å². The van der Waals surface area contributed by atoms with Gasteiger partial charge in [-0.25, -0.2) is 18.7 Å². The zero-order chi connectivity index (χ0) is 14.2. The van der Waals surface area contributed by atoms with Crippen molar-refractivity contribution in [3.8, 4) is 11.3 Å². The van der Waals surface area contributed by atoms with Gasteiger partial charge < -0.3 is 0 Å². The quantitative estimate of drug-likeness (QED) is 0.726. The molecule has 0 unspecified atom stereocenters. The Morgan fingerprint density at radius 3 is 2.42 bits per heavy atom. The van der Waals surface area contributed by atoms with Crippen LogP contribution in [-0.2, 0) is 5.41 Å². The average Bonchev–Trinajstić information content (AvgIpc) is 2.31. The Balaban J connectivity index is 2.63. The maximum Gasteiger partial charge on any atom is 0.168 e. The van der Waals surface area contributed by atoms with Gasteiger partial charge in [-0.2, -0.15) is 0 Å². The molecule has 0 saturated heterocycles. The normalized spacial score (nSPS) is 11.7. The van der Waals surface area contributed by atoms with Crippen molar-refractivity contribution in [2.24, 2.45) is 0 Å². The topological polar surface area (TPSA) is 25.8 Å². The minimum absolute atomic E-state index is 0.0785. The van der Waals surface area contributed by atoms with E-state index in [-0.39, 0.29) is 21.8 Å². The molecule has 0 atom stereocenters. The smallest absolute Gasteiger partial charge is 0.168 e.